The highest BCUT2D eigenvalue weighted by atomic mass is 16.6. The van der Waals surface area contributed by atoms with Crippen molar-refractivity contribution in [3.8, 4) is 0 Å². The zero-order valence-electron chi connectivity index (χ0n) is 14.7. The van der Waals surface area contributed by atoms with E-state index in [1.165, 1.54) is 0 Å². The molecule has 0 aromatic rings. The lowest BCUT2D eigenvalue weighted by Crippen LogP contribution is -2.62. The molecule has 2 N–H and O–H groups in total. The van der Waals surface area contributed by atoms with Crippen LogP contribution in [-0.4, -0.2) is 53.0 Å². The van der Waals surface area contributed by atoms with Gasteiger partial charge in [0.1, 0.15) is 5.60 Å². The van der Waals surface area contributed by atoms with E-state index in [1.807, 2.05) is 25.7 Å². The fourth-order valence-electron chi connectivity index (χ4n) is 3.24. The van der Waals surface area contributed by atoms with Crippen molar-refractivity contribution in [2.75, 3.05) is 13.1 Å². The summed E-state index contributed by atoms with van der Waals surface area (Å²) in [5, 5.41) is 13.5. The predicted octanol–water partition coefficient (Wildman–Crippen LogP) is 2.53. The Labute approximate surface area is 134 Å². The second kappa shape index (κ2) is 6.36. The number of hydrogen-bond acceptors (Lipinski definition) is 4. The quantitative estimate of drug-likeness (QED) is 0.822. The number of ether oxygens (including phenoxy) is 1. The monoisotopic (exact) mass is 312 g/mol. The van der Waals surface area contributed by atoms with E-state index in [0.29, 0.717) is 12.1 Å². The van der Waals surface area contributed by atoms with Gasteiger partial charge in [0.2, 0.25) is 0 Å². The number of likely N-dealkylation sites (tertiary alicyclic amines) is 1. The van der Waals surface area contributed by atoms with Crippen LogP contribution in [0.5, 0.6) is 0 Å². The molecule has 2 aliphatic rings. The van der Waals surface area contributed by atoms with Crippen LogP contribution in [0, 0.1) is 5.41 Å². The topological polar surface area (TPSA) is 61.8 Å². The van der Waals surface area contributed by atoms with E-state index < -0.39 is 5.60 Å². The van der Waals surface area contributed by atoms with Crippen molar-refractivity contribution in [2.24, 2.45) is 5.41 Å². The van der Waals surface area contributed by atoms with Gasteiger partial charge in [0.05, 0.1) is 6.10 Å². The molecule has 1 saturated heterocycles. The van der Waals surface area contributed by atoms with Crippen LogP contribution in [0.3, 0.4) is 0 Å². The maximum absolute atomic E-state index is 12.2. The third-order valence-electron chi connectivity index (χ3n) is 5.03. The highest BCUT2D eigenvalue weighted by molar-refractivity contribution is 5.68. The molecule has 22 heavy (non-hydrogen) atoms. The van der Waals surface area contributed by atoms with Crippen LogP contribution in [-0.2, 0) is 4.74 Å². The molecule has 0 spiro atoms. The Bertz CT molecular complexity index is 403. The lowest BCUT2D eigenvalue weighted by atomic mass is 9.64. The van der Waals surface area contributed by atoms with Crippen LogP contribution in [0.4, 0.5) is 4.79 Å². The molecule has 5 heteroatoms. The van der Waals surface area contributed by atoms with Crippen molar-refractivity contribution < 1.29 is 14.6 Å². The van der Waals surface area contributed by atoms with Crippen molar-refractivity contribution in [3.05, 3.63) is 0 Å². The highest BCUT2D eigenvalue weighted by Gasteiger charge is 2.47. The van der Waals surface area contributed by atoms with Gasteiger partial charge >= 0.3 is 6.09 Å². The summed E-state index contributed by atoms with van der Waals surface area (Å²) < 4.78 is 5.46. The Morgan fingerprint density at radius 1 is 1.27 bits per heavy atom. The molecule has 0 bridgehead atoms. The maximum atomic E-state index is 12.2. The van der Waals surface area contributed by atoms with Crippen LogP contribution in [0.2, 0.25) is 0 Å². The summed E-state index contributed by atoms with van der Waals surface area (Å²) in [5.74, 6) is 0. The summed E-state index contributed by atoms with van der Waals surface area (Å²) in [6, 6.07) is 0.796. The summed E-state index contributed by atoms with van der Waals surface area (Å²) in [4.78, 5) is 14.0. The SMILES string of the molecule is CC(C)(C)OC(=O)N1CCCC(NC2CC(O)C2(C)C)CC1. The second-order valence-corrected chi connectivity index (χ2v) is 8.39. The minimum atomic E-state index is -0.437. The molecule has 1 amide bonds. The van der Waals surface area contributed by atoms with Crippen molar-refractivity contribution in [3.63, 3.8) is 0 Å². The lowest BCUT2D eigenvalue weighted by molar-refractivity contribution is -0.0763. The largest absolute Gasteiger partial charge is 0.444 e. The van der Waals surface area contributed by atoms with Gasteiger partial charge in [-0.15, -0.1) is 0 Å². The van der Waals surface area contributed by atoms with E-state index in [0.717, 1.165) is 38.8 Å². The minimum Gasteiger partial charge on any atom is -0.444 e. The molecule has 2 fully saturated rings. The van der Waals surface area contributed by atoms with E-state index >= 15 is 0 Å². The Hall–Kier alpha value is -0.810. The molecule has 1 aliphatic heterocycles. The van der Waals surface area contributed by atoms with E-state index in [9.17, 15) is 9.90 Å². The number of nitrogens with one attached hydrogen (secondary N) is 1. The number of hydrogen-bond donors (Lipinski definition) is 2. The van der Waals surface area contributed by atoms with Crippen molar-refractivity contribution in [2.45, 2.75) is 84.1 Å². The van der Waals surface area contributed by atoms with Gasteiger partial charge in [-0.2, -0.15) is 0 Å². The van der Waals surface area contributed by atoms with Crippen LogP contribution < -0.4 is 5.32 Å². The number of amides is 1. The third kappa shape index (κ3) is 4.13. The normalized spacial score (nSPS) is 32.1. The predicted molar refractivity (Wildman–Crippen MR) is 86.8 cm³/mol. The molecular weight excluding hydrogens is 280 g/mol. The Kier molecular flexibility index (Phi) is 5.07. The first-order chi connectivity index (χ1) is 10.1. The Morgan fingerprint density at radius 2 is 1.95 bits per heavy atom. The average Bonchev–Trinajstić information content (AvgIpc) is 2.62. The Morgan fingerprint density at radius 3 is 2.50 bits per heavy atom. The number of carbonyl (C=O) groups excluding carboxylic acids is 1. The smallest absolute Gasteiger partial charge is 0.410 e. The zero-order valence-corrected chi connectivity index (χ0v) is 14.7. The molecule has 128 valence electrons. The second-order valence-electron chi connectivity index (χ2n) is 8.39. The molecular formula is C17H32N2O3. The number of carbonyl (C=O) groups is 1. The first-order valence-electron chi connectivity index (χ1n) is 8.51. The molecule has 3 atom stereocenters. The van der Waals surface area contributed by atoms with Crippen molar-refractivity contribution in [1.29, 1.82) is 0 Å². The number of rotatable bonds is 2. The first kappa shape index (κ1) is 17.5. The number of nitrogens with zero attached hydrogens (tertiary/aromatic N) is 1. The molecule has 1 saturated carbocycles. The van der Waals surface area contributed by atoms with Gasteiger partial charge in [-0.1, -0.05) is 13.8 Å². The molecule has 0 aromatic heterocycles. The summed E-state index contributed by atoms with van der Waals surface area (Å²) in [5.41, 5.74) is -0.482. The zero-order chi connectivity index (χ0) is 16.5. The molecule has 2 rings (SSSR count). The first-order valence-corrected chi connectivity index (χ1v) is 8.51. The third-order valence-corrected chi connectivity index (χ3v) is 5.03. The average molecular weight is 312 g/mol. The lowest BCUT2D eigenvalue weighted by Gasteiger charge is -2.51. The standard InChI is InChI=1S/C17H32N2O3/c1-16(2,3)22-15(21)19-9-6-7-12(8-10-19)18-13-11-14(20)17(13,4)5/h12-14,18,20H,6-11H2,1-5H3. The van der Waals surface area contributed by atoms with E-state index in [2.05, 4.69) is 19.2 Å². The van der Waals surface area contributed by atoms with Gasteiger partial charge < -0.3 is 20.1 Å². The van der Waals surface area contributed by atoms with Crippen molar-refractivity contribution in [1.82, 2.24) is 10.2 Å². The number of aliphatic hydroxyl groups is 1. The maximum Gasteiger partial charge on any atom is 0.410 e. The van der Waals surface area contributed by atoms with Gasteiger partial charge in [-0.25, -0.2) is 4.79 Å². The van der Waals surface area contributed by atoms with Crippen LogP contribution >= 0.6 is 0 Å². The van der Waals surface area contributed by atoms with Crippen molar-refractivity contribution >= 4 is 6.09 Å². The summed E-state index contributed by atoms with van der Waals surface area (Å²) in [6.07, 6.45) is 3.44. The fraction of sp³-hybridized carbons (Fsp3) is 0.941. The van der Waals surface area contributed by atoms with Crippen LogP contribution in [0.15, 0.2) is 0 Å². The van der Waals surface area contributed by atoms with Gasteiger partial charge in [-0.3, -0.25) is 0 Å². The van der Waals surface area contributed by atoms with E-state index in [-0.39, 0.29) is 17.6 Å². The van der Waals surface area contributed by atoms with Crippen LogP contribution in [0.1, 0.15) is 60.3 Å². The van der Waals surface area contributed by atoms with Gasteiger partial charge in [0, 0.05) is 30.6 Å². The highest BCUT2D eigenvalue weighted by Crippen LogP contribution is 2.41. The van der Waals surface area contributed by atoms with E-state index in [4.69, 9.17) is 4.74 Å². The fourth-order valence-corrected chi connectivity index (χ4v) is 3.24. The van der Waals surface area contributed by atoms with Crippen LogP contribution in [0.25, 0.3) is 0 Å². The van der Waals surface area contributed by atoms with Gasteiger partial charge in [0.25, 0.3) is 0 Å². The molecule has 0 aromatic carbocycles. The van der Waals surface area contributed by atoms with Gasteiger partial charge in [-0.05, 0) is 46.5 Å². The molecule has 3 unspecified atom stereocenters. The van der Waals surface area contributed by atoms with E-state index in [1.54, 1.807) is 0 Å². The molecule has 1 heterocycles. The molecule has 1 aliphatic carbocycles. The number of aliphatic hydroxyl groups excluding tert-OH is 1. The Balaban J connectivity index is 1.82. The molecule has 5 nitrogen and oxygen atoms in total. The van der Waals surface area contributed by atoms with Gasteiger partial charge in [0.15, 0.2) is 0 Å². The minimum absolute atomic E-state index is 0.0445. The molecule has 0 radical (unpaired) electrons. The summed E-state index contributed by atoms with van der Waals surface area (Å²) >= 11 is 0. The summed E-state index contributed by atoms with van der Waals surface area (Å²) in [7, 11) is 0. The summed E-state index contributed by atoms with van der Waals surface area (Å²) in [6.45, 7) is 11.4.